The fourth-order valence-corrected chi connectivity index (χ4v) is 5.32. The van der Waals surface area contributed by atoms with E-state index in [9.17, 15) is 13.2 Å². The molecule has 0 aromatic heterocycles. The molecule has 0 fully saturated rings. The molecule has 0 aliphatic rings. The first-order valence-corrected chi connectivity index (χ1v) is 12.3. The molecule has 0 saturated heterocycles. The maximum atomic E-state index is 13.5. The van der Waals surface area contributed by atoms with Gasteiger partial charge >= 0.3 is 0 Å². The number of methoxy groups -OCH3 is 2. The van der Waals surface area contributed by atoms with Crippen LogP contribution >= 0.6 is 11.6 Å². The molecular weight excluding hydrogens is 476 g/mol. The van der Waals surface area contributed by atoms with Crippen molar-refractivity contribution in [3.8, 4) is 11.5 Å². The first-order valence-electron chi connectivity index (χ1n) is 10.5. The molecule has 0 bridgehead atoms. The van der Waals surface area contributed by atoms with Crippen molar-refractivity contribution >= 4 is 33.2 Å². The summed E-state index contributed by atoms with van der Waals surface area (Å²) in [5.41, 5.74) is 1.70. The van der Waals surface area contributed by atoms with E-state index in [4.69, 9.17) is 21.1 Å². The molecule has 3 aromatic rings. The summed E-state index contributed by atoms with van der Waals surface area (Å²) in [4.78, 5) is 13.2. The summed E-state index contributed by atoms with van der Waals surface area (Å²) in [6.45, 7) is 3.12. The van der Waals surface area contributed by atoms with Crippen molar-refractivity contribution < 1.29 is 22.7 Å². The Morgan fingerprint density at radius 3 is 2.35 bits per heavy atom. The van der Waals surface area contributed by atoms with Gasteiger partial charge in [-0.1, -0.05) is 29.8 Å². The Labute approximate surface area is 205 Å². The first kappa shape index (κ1) is 25.4. The zero-order valence-corrected chi connectivity index (χ0v) is 21.0. The number of aryl methyl sites for hydroxylation is 1. The number of hydrogen-bond donors (Lipinski definition) is 1. The summed E-state index contributed by atoms with van der Waals surface area (Å²) >= 11 is 6.08. The zero-order chi connectivity index (χ0) is 24.9. The smallest absolute Gasteiger partial charge is 0.264 e. The lowest BCUT2D eigenvalue weighted by molar-refractivity contribution is -0.120. The molecule has 0 spiro atoms. The van der Waals surface area contributed by atoms with Crippen LogP contribution in [-0.2, 0) is 14.8 Å². The second-order valence-electron chi connectivity index (χ2n) is 7.65. The number of ether oxygens (including phenoxy) is 2. The Hall–Kier alpha value is -3.23. The third kappa shape index (κ3) is 5.63. The van der Waals surface area contributed by atoms with Gasteiger partial charge in [-0.25, -0.2) is 8.42 Å². The minimum absolute atomic E-state index is 0.0830. The fourth-order valence-electron chi connectivity index (χ4n) is 3.59. The number of nitrogens with zero attached hydrogens (tertiary/aromatic N) is 1. The monoisotopic (exact) mass is 502 g/mol. The van der Waals surface area contributed by atoms with Crippen molar-refractivity contribution in [3.63, 3.8) is 0 Å². The van der Waals surface area contributed by atoms with Crippen LogP contribution in [0, 0.1) is 6.92 Å². The minimum atomic E-state index is -4.02. The Bertz CT molecular complexity index is 1270. The number of sulfonamides is 1. The average Bonchev–Trinajstić information content (AvgIpc) is 2.83. The molecule has 3 aromatic carbocycles. The van der Waals surface area contributed by atoms with E-state index in [-0.39, 0.29) is 4.90 Å². The molecule has 0 saturated carbocycles. The molecule has 7 nitrogen and oxygen atoms in total. The minimum Gasteiger partial charge on any atom is -0.497 e. The highest BCUT2D eigenvalue weighted by molar-refractivity contribution is 7.92. The molecule has 3 rings (SSSR count). The summed E-state index contributed by atoms with van der Waals surface area (Å²) in [6, 6.07) is 17.7. The number of anilines is 1. The molecule has 1 unspecified atom stereocenters. The van der Waals surface area contributed by atoms with E-state index in [2.05, 4.69) is 5.32 Å². The van der Waals surface area contributed by atoms with Gasteiger partial charge < -0.3 is 14.8 Å². The number of hydrogen-bond acceptors (Lipinski definition) is 5. The topological polar surface area (TPSA) is 84.9 Å². The van der Waals surface area contributed by atoms with Crippen LogP contribution in [0.4, 0.5) is 5.69 Å². The van der Waals surface area contributed by atoms with Crippen molar-refractivity contribution in [1.82, 2.24) is 5.32 Å². The molecule has 1 N–H and O–H groups in total. The van der Waals surface area contributed by atoms with Crippen LogP contribution in [0.2, 0.25) is 5.02 Å². The number of benzene rings is 3. The van der Waals surface area contributed by atoms with Gasteiger partial charge in [0.05, 0.1) is 30.8 Å². The number of halogens is 1. The van der Waals surface area contributed by atoms with Crippen molar-refractivity contribution in [2.24, 2.45) is 0 Å². The third-order valence-corrected chi connectivity index (χ3v) is 7.34. The van der Waals surface area contributed by atoms with E-state index in [1.807, 2.05) is 0 Å². The molecule has 1 atom stereocenters. The van der Waals surface area contributed by atoms with E-state index in [1.165, 1.54) is 19.2 Å². The molecule has 9 heteroatoms. The molecule has 34 heavy (non-hydrogen) atoms. The quantitative estimate of drug-likeness (QED) is 0.457. The summed E-state index contributed by atoms with van der Waals surface area (Å²) < 4.78 is 38.8. The average molecular weight is 503 g/mol. The van der Waals surface area contributed by atoms with Crippen LogP contribution in [0.15, 0.2) is 71.6 Å². The normalized spacial score (nSPS) is 12.0. The number of carbonyl (C=O) groups is 1. The highest BCUT2D eigenvalue weighted by Gasteiger charge is 2.29. The maximum absolute atomic E-state index is 13.5. The summed E-state index contributed by atoms with van der Waals surface area (Å²) in [7, 11) is -0.934. The molecule has 0 heterocycles. The zero-order valence-electron chi connectivity index (χ0n) is 19.4. The van der Waals surface area contributed by atoms with Gasteiger partial charge in [0.1, 0.15) is 18.0 Å². The van der Waals surface area contributed by atoms with Crippen LogP contribution < -0.4 is 19.1 Å². The second-order valence-corrected chi connectivity index (χ2v) is 9.95. The fraction of sp³-hybridized carbons (Fsp3) is 0.240. The van der Waals surface area contributed by atoms with Crippen LogP contribution in [0.5, 0.6) is 11.5 Å². The lowest BCUT2D eigenvalue weighted by atomic mass is 10.1. The summed E-state index contributed by atoms with van der Waals surface area (Å²) in [6.07, 6.45) is 0. The molecule has 1 amide bonds. The van der Waals surface area contributed by atoms with Crippen LogP contribution in [0.1, 0.15) is 24.1 Å². The largest absolute Gasteiger partial charge is 0.497 e. The molecule has 0 aliphatic carbocycles. The summed E-state index contributed by atoms with van der Waals surface area (Å²) in [5, 5.41) is 3.34. The number of nitrogens with one attached hydrogen (secondary N) is 1. The third-order valence-electron chi connectivity index (χ3n) is 5.33. The second kappa shape index (κ2) is 10.8. The van der Waals surface area contributed by atoms with Gasteiger partial charge in [-0.05, 0) is 67.9 Å². The van der Waals surface area contributed by atoms with E-state index in [0.717, 1.165) is 4.31 Å². The molecule has 0 aliphatic heterocycles. The molecule has 0 radical (unpaired) electrons. The van der Waals surface area contributed by atoms with Gasteiger partial charge in [-0.2, -0.15) is 0 Å². The first-order chi connectivity index (χ1) is 16.2. The van der Waals surface area contributed by atoms with Gasteiger partial charge in [0.25, 0.3) is 10.0 Å². The van der Waals surface area contributed by atoms with Gasteiger partial charge in [0, 0.05) is 10.6 Å². The van der Waals surface area contributed by atoms with E-state index in [1.54, 1.807) is 75.6 Å². The lowest BCUT2D eigenvalue weighted by Gasteiger charge is -2.27. The number of carbonyl (C=O) groups excluding carboxylic acids is 1. The van der Waals surface area contributed by atoms with Crippen molar-refractivity contribution in [2.45, 2.75) is 24.8 Å². The Morgan fingerprint density at radius 2 is 1.74 bits per heavy atom. The maximum Gasteiger partial charge on any atom is 0.264 e. The van der Waals surface area contributed by atoms with E-state index < -0.39 is 28.5 Å². The highest BCUT2D eigenvalue weighted by Crippen LogP contribution is 2.31. The lowest BCUT2D eigenvalue weighted by Crippen LogP contribution is -2.42. The predicted octanol–water partition coefficient (Wildman–Crippen LogP) is 4.74. The Morgan fingerprint density at radius 1 is 1.03 bits per heavy atom. The van der Waals surface area contributed by atoms with Gasteiger partial charge in [-0.3, -0.25) is 9.10 Å². The van der Waals surface area contributed by atoms with Crippen molar-refractivity contribution in [1.29, 1.82) is 0 Å². The highest BCUT2D eigenvalue weighted by atomic mass is 35.5. The van der Waals surface area contributed by atoms with Crippen molar-refractivity contribution in [3.05, 3.63) is 82.9 Å². The molecular formula is C25H27ClN2O5S. The van der Waals surface area contributed by atoms with Gasteiger partial charge in [0.2, 0.25) is 5.91 Å². The van der Waals surface area contributed by atoms with Crippen LogP contribution in [0.3, 0.4) is 0 Å². The van der Waals surface area contributed by atoms with Crippen molar-refractivity contribution in [2.75, 3.05) is 25.1 Å². The number of rotatable bonds is 9. The Kier molecular flexibility index (Phi) is 8.06. The van der Waals surface area contributed by atoms with E-state index in [0.29, 0.717) is 33.3 Å². The Balaban J connectivity index is 1.93. The van der Waals surface area contributed by atoms with Gasteiger partial charge in [-0.15, -0.1) is 0 Å². The SMILES string of the molecule is COc1ccc(OC)c(C(C)NC(=O)CN(c2ccc(Cl)cc2C)S(=O)(=O)c2ccccc2)c1. The van der Waals surface area contributed by atoms with Crippen LogP contribution in [-0.4, -0.2) is 35.1 Å². The number of amides is 1. The molecule has 180 valence electrons. The summed E-state index contributed by atoms with van der Waals surface area (Å²) in [5.74, 6) is 0.712. The van der Waals surface area contributed by atoms with E-state index >= 15 is 0 Å². The van der Waals surface area contributed by atoms with Crippen LogP contribution in [0.25, 0.3) is 0 Å². The predicted molar refractivity (Wildman–Crippen MR) is 133 cm³/mol. The van der Waals surface area contributed by atoms with Gasteiger partial charge in [0.15, 0.2) is 0 Å². The standard InChI is InChI=1S/C25H27ClN2O5S/c1-17-14-19(26)10-12-23(17)28(34(30,31)21-8-6-5-7-9-21)16-25(29)27-18(2)22-15-20(32-3)11-13-24(22)33-4/h5-15,18H,16H2,1-4H3,(H,27,29).